The lowest BCUT2D eigenvalue weighted by Gasteiger charge is -2.37. The molecule has 0 aromatic carbocycles. The van der Waals surface area contributed by atoms with E-state index in [2.05, 4.69) is 50.3 Å². The number of aliphatic hydroxyl groups is 2. The van der Waals surface area contributed by atoms with Crippen molar-refractivity contribution in [1.29, 1.82) is 0 Å². The highest BCUT2D eigenvalue weighted by Gasteiger charge is 2.42. The van der Waals surface area contributed by atoms with E-state index in [1.165, 1.54) is 141 Å². The molecule has 10 nitrogen and oxygen atoms in total. The Bertz CT molecular complexity index is 1200. The van der Waals surface area contributed by atoms with Gasteiger partial charge in [-0.15, -0.1) is 0 Å². The maximum absolute atomic E-state index is 13.3. The van der Waals surface area contributed by atoms with E-state index in [0.29, 0.717) is 12.8 Å². The van der Waals surface area contributed by atoms with Crippen molar-refractivity contribution < 1.29 is 47.7 Å². The quantitative estimate of drug-likeness (QED) is 0.0136. The Hall–Kier alpha value is -1.81. The second-order valence-electron chi connectivity index (χ2n) is 18.5. The smallest absolute Gasteiger partial charge is 0.384 e. The second-order valence-corrected chi connectivity index (χ2v) is 20.6. The Morgan fingerprint density at radius 3 is 1.27 bits per heavy atom. The van der Waals surface area contributed by atoms with Gasteiger partial charge in [-0.05, 0) is 96.8 Å². The van der Waals surface area contributed by atoms with Gasteiger partial charge in [0.2, 0.25) is 0 Å². The number of rotatable bonds is 46. The minimum atomic E-state index is -4.25. The van der Waals surface area contributed by atoms with Gasteiger partial charge in [-0.2, -0.15) is 0 Å². The van der Waals surface area contributed by atoms with E-state index in [4.69, 9.17) is 14.0 Å². The Kier molecular flexibility index (Phi) is 41.6. The fourth-order valence-corrected chi connectivity index (χ4v) is 8.89. The third-order valence-corrected chi connectivity index (χ3v) is 14.2. The first-order valence-corrected chi connectivity index (χ1v) is 27.5. The second kappa shape index (κ2) is 42.8. The van der Waals surface area contributed by atoms with Crippen LogP contribution in [0.3, 0.4) is 0 Å². The van der Waals surface area contributed by atoms with Gasteiger partial charge in [0.25, 0.3) is 0 Å². The minimum absolute atomic E-state index is 0.00554. The SMILES string of the molecule is CCCCCCC/C=C\CCCCCCCCCC/C=C\CCCCC(=O)O[C@H](COC(=O)CCCC/C=C\CCCCCCCCC)COP(=O)(O)C(C)[N+](C)(C)CCC(O)O. The highest BCUT2D eigenvalue weighted by Crippen LogP contribution is 2.50. The molecular weight excluding hydrogens is 814 g/mol. The van der Waals surface area contributed by atoms with Crippen LogP contribution in [0.2, 0.25) is 0 Å². The van der Waals surface area contributed by atoms with E-state index >= 15 is 0 Å². The topological polar surface area (TPSA) is 140 Å². The molecule has 11 heteroatoms. The van der Waals surface area contributed by atoms with Crippen LogP contribution in [-0.4, -0.2) is 83.6 Å². The van der Waals surface area contributed by atoms with Crippen LogP contribution in [0.4, 0.5) is 0 Å². The third-order valence-electron chi connectivity index (χ3n) is 12.1. The first-order chi connectivity index (χ1) is 30.4. The van der Waals surface area contributed by atoms with Gasteiger partial charge in [0.15, 0.2) is 18.2 Å². The number of carbonyl (C=O) groups is 2. The predicted molar refractivity (Wildman–Crippen MR) is 262 cm³/mol. The number of ether oxygens (including phenoxy) is 2. The third kappa shape index (κ3) is 40.2. The molecule has 0 bridgehead atoms. The van der Waals surface area contributed by atoms with Crippen LogP contribution in [0.15, 0.2) is 36.5 Å². The minimum Gasteiger partial charge on any atom is -0.462 e. The summed E-state index contributed by atoms with van der Waals surface area (Å²) in [6.45, 7) is 5.61. The van der Waals surface area contributed by atoms with Crippen LogP contribution in [0.1, 0.15) is 233 Å². The maximum atomic E-state index is 13.3. The van der Waals surface area contributed by atoms with E-state index in [1.807, 2.05) is 0 Å². The molecule has 0 fully saturated rings. The zero-order valence-electron chi connectivity index (χ0n) is 41.3. The Morgan fingerprint density at radius 2 is 0.889 bits per heavy atom. The first-order valence-electron chi connectivity index (χ1n) is 25.8. The molecule has 2 unspecified atom stereocenters. The molecule has 0 aliphatic carbocycles. The Balaban J connectivity index is 4.51. The van der Waals surface area contributed by atoms with Gasteiger partial charge in [0.1, 0.15) is 6.61 Å². The van der Waals surface area contributed by atoms with Gasteiger partial charge in [-0.1, -0.05) is 153 Å². The van der Waals surface area contributed by atoms with Gasteiger partial charge in [-0.3, -0.25) is 14.2 Å². The summed E-state index contributed by atoms with van der Waals surface area (Å²) in [4.78, 5) is 36.3. The van der Waals surface area contributed by atoms with Crippen molar-refractivity contribution in [2.24, 2.45) is 0 Å². The molecule has 0 saturated carbocycles. The molecule has 63 heavy (non-hydrogen) atoms. The van der Waals surface area contributed by atoms with Crippen LogP contribution in [0.25, 0.3) is 0 Å². The molecule has 0 aromatic heterocycles. The average molecular weight is 913 g/mol. The van der Waals surface area contributed by atoms with E-state index in [-0.39, 0.29) is 36.9 Å². The van der Waals surface area contributed by atoms with E-state index in [0.717, 1.165) is 38.5 Å². The number of aliphatic hydroxyl groups excluding tert-OH is 1. The van der Waals surface area contributed by atoms with E-state index in [1.54, 1.807) is 21.0 Å². The summed E-state index contributed by atoms with van der Waals surface area (Å²) in [6, 6.07) is 0. The van der Waals surface area contributed by atoms with Crippen molar-refractivity contribution in [3.8, 4) is 0 Å². The lowest BCUT2D eigenvalue weighted by atomic mass is 10.1. The molecule has 0 aromatic rings. The molecule has 0 spiro atoms. The largest absolute Gasteiger partial charge is 0.462 e. The average Bonchev–Trinajstić information content (AvgIpc) is 3.25. The van der Waals surface area contributed by atoms with Crippen LogP contribution in [-0.2, 0) is 28.2 Å². The summed E-state index contributed by atoms with van der Waals surface area (Å²) in [6.07, 6.45) is 47.3. The molecule has 0 amide bonds. The van der Waals surface area contributed by atoms with Crippen molar-refractivity contribution in [1.82, 2.24) is 0 Å². The fraction of sp³-hybridized carbons (Fsp3) is 0.846. The molecule has 0 aliphatic rings. The van der Waals surface area contributed by atoms with E-state index < -0.39 is 44.3 Å². The van der Waals surface area contributed by atoms with Crippen LogP contribution in [0.5, 0.6) is 0 Å². The van der Waals surface area contributed by atoms with Gasteiger partial charge in [-0.25, -0.2) is 0 Å². The lowest BCUT2D eigenvalue weighted by Crippen LogP contribution is -2.49. The summed E-state index contributed by atoms with van der Waals surface area (Å²) in [5.41, 5.74) is 0. The van der Waals surface area contributed by atoms with Gasteiger partial charge in [0, 0.05) is 19.3 Å². The summed E-state index contributed by atoms with van der Waals surface area (Å²) < 4.78 is 29.9. The number of quaternary nitrogens is 1. The van der Waals surface area contributed by atoms with Crippen LogP contribution < -0.4 is 0 Å². The van der Waals surface area contributed by atoms with Crippen LogP contribution >= 0.6 is 7.60 Å². The van der Waals surface area contributed by atoms with Crippen molar-refractivity contribution in [2.45, 2.75) is 251 Å². The molecule has 3 atom stereocenters. The monoisotopic (exact) mass is 913 g/mol. The molecule has 0 rings (SSSR count). The summed E-state index contributed by atoms with van der Waals surface area (Å²) in [5.74, 6) is -1.79. The molecule has 0 aliphatic heterocycles. The molecule has 370 valence electrons. The van der Waals surface area contributed by atoms with Crippen molar-refractivity contribution in [2.75, 3.05) is 33.9 Å². The molecule has 3 N–H and O–H groups in total. The lowest BCUT2D eigenvalue weighted by molar-refractivity contribution is -0.901. The van der Waals surface area contributed by atoms with Crippen molar-refractivity contribution in [3.63, 3.8) is 0 Å². The standard InChI is InChI=1S/C52H98NO9P/c1-6-8-10-12-14-16-18-20-21-22-23-24-25-26-27-28-29-31-33-35-37-39-41-43-52(57)62-49(47-61-63(58,59)48(3)53(4,5)45-44-50(54)55)46-60-51(56)42-40-38-36-34-32-30-19-17-15-13-11-9-7-2/h18,20,32-35,48-50,54-55H,6-17,19,21-31,36-47H2,1-5H3/p+1/b20-18-,34-32-,35-33-/t48?,49-/m1/s1. The highest BCUT2D eigenvalue weighted by atomic mass is 31.2. The molecule has 0 heterocycles. The normalized spacial score (nSPS) is 14.3. The maximum Gasteiger partial charge on any atom is 0.384 e. The number of allylic oxidation sites excluding steroid dienone is 6. The summed E-state index contributed by atoms with van der Waals surface area (Å²) in [7, 11) is -0.835. The Labute approximate surface area is 387 Å². The number of esters is 2. The fourth-order valence-electron chi connectivity index (χ4n) is 7.39. The predicted octanol–water partition coefficient (Wildman–Crippen LogP) is 14.0. The number of carbonyl (C=O) groups excluding carboxylic acids is 2. The van der Waals surface area contributed by atoms with Crippen LogP contribution in [0, 0.1) is 0 Å². The van der Waals surface area contributed by atoms with Crippen molar-refractivity contribution >= 4 is 19.5 Å². The Morgan fingerprint density at radius 1 is 0.540 bits per heavy atom. The number of hydrogen-bond acceptors (Lipinski definition) is 8. The summed E-state index contributed by atoms with van der Waals surface area (Å²) in [5, 5.41) is 18.6. The van der Waals surface area contributed by atoms with Gasteiger partial charge >= 0.3 is 19.5 Å². The van der Waals surface area contributed by atoms with E-state index in [9.17, 15) is 29.3 Å². The zero-order chi connectivity index (χ0) is 46.7. The molecule has 0 radical (unpaired) electrons. The van der Waals surface area contributed by atoms with Gasteiger partial charge in [0.05, 0.1) is 27.2 Å². The summed E-state index contributed by atoms with van der Waals surface area (Å²) >= 11 is 0. The molecular formula is C52H99NO9P+. The zero-order valence-corrected chi connectivity index (χ0v) is 42.2. The first kappa shape index (κ1) is 61.2. The highest BCUT2D eigenvalue weighted by molar-refractivity contribution is 7.53. The van der Waals surface area contributed by atoms with Crippen molar-refractivity contribution in [3.05, 3.63) is 36.5 Å². The number of hydrogen-bond donors (Lipinski definition) is 3. The number of nitrogens with zero attached hydrogens (tertiary/aromatic N) is 1. The molecule has 0 saturated heterocycles. The van der Waals surface area contributed by atoms with Gasteiger partial charge < -0.3 is 33.6 Å². The number of unbranched alkanes of at least 4 members (excludes halogenated alkanes) is 25.